The molecule has 5 aromatic rings. The van der Waals surface area contributed by atoms with Gasteiger partial charge in [0, 0.05) is 49.0 Å². The number of aliphatic carboxylic acids is 1. The lowest BCUT2D eigenvalue weighted by Crippen LogP contribution is -2.25. The van der Waals surface area contributed by atoms with E-state index < -0.39 is 17.7 Å². The number of carbonyl (C=O) groups is 1. The van der Waals surface area contributed by atoms with Crippen molar-refractivity contribution in [2.45, 2.75) is 45.3 Å². The Morgan fingerprint density at radius 1 is 0.891 bits per heavy atom. The van der Waals surface area contributed by atoms with Gasteiger partial charge in [-0.25, -0.2) is 22.5 Å². The van der Waals surface area contributed by atoms with E-state index in [4.69, 9.17) is 14.8 Å². The van der Waals surface area contributed by atoms with Crippen molar-refractivity contribution in [3.63, 3.8) is 0 Å². The van der Waals surface area contributed by atoms with Crippen molar-refractivity contribution >= 4 is 22.4 Å². The molecule has 0 radical (unpaired) electrons. The number of benzene rings is 4. The smallest absolute Gasteiger partial charge is 0.303 e. The molecule has 0 aliphatic rings. The zero-order chi connectivity index (χ0) is 32.7. The number of nitrogens with zero attached hydrogens (tertiary/aromatic N) is 2. The summed E-state index contributed by atoms with van der Waals surface area (Å²) in [6, 6.07) is 24.8. The molecule has 1 aromatic heterocycles. The normalized spacial score (nSPS) is 11.4. The summed E-state index contributed by atoms with van der Waals surface area (Å²) < 4.78 is 61.0. The van der Waals surface area contributed by atoms with Crippen LogP contribution in [-0.4, -0.2) is 22.6 Å². The lowest BCUT2D eigenvalue weighted by atomic mass is 10.1. The number of carboxylic acid groups (broad SMARTS) is 1. The molecule has 46 heavy (non-hydrogen) atoms. The SMILES string of the molecule is CC(F)(F)c1ccc(-c2csc(N(CCc3ccc(F)cc3)Cc3ccc(COc4ccc(CCC(=O)O)c(F)c4)cc3)n2)cc1. The van der Waals surface area contributed by atoms with E-state index in [9.17, 15) is 22.4 Å². The van der Waals surface area contributed by atoms with Gasteiger partial charge in [0.2, 0.25) is 0 Å². The largest absolute Gasteiger partial charge is 0.489 e. The average Bonchev–Trinajstić information content (AvgIpc) is 3.53. The number of hydrogen-bond acceptors (Lipinski definition) is 5. The molecular weight excluding hydrogens is 616 g/mol. The second-order valence-electron chi connectivity index (χ2n) is 11.0. The molecule has 238 valence electrons. The minimum absolute atomic E-state index is 0.0560. The standard InChI is InChI=1S/C36H32F4N2O3S/c1-36(39,40)29-12-8-28(9-13-29)33-23-46-35(41-33)42(19-18-24-6-14-30(37)15-7-24)21-25-2-4-26(5-3-25)22-45-31-16-10-27(32(38)20-31)11-17-34(43)44/h2-10,12-16,20,23H,11,17-19,21-22H2,1H3,(H,43,44). The van der Waals surface area contributed by atoms with Gasteiger partial charge in [-0.3, -0.25) is 4.79 Å². The van der Waals surface area contributed by atoms with Crippen molar-refractivity contribution in [2.24, 2.45) is 0 Å². The van der Waals surface area contributed by atoms with Crippen LogP contribution in [0.15, 0.2) is 96.4 Å². The summed E-state index contributed by atoms with van der Waals surface area (Å²) in [4.78, 5) is 17.7. The molecule has 1 N–H and O–H groups in total. The Hall–Kier alpha value is -4.70. The monoisotopic (exact) mass is 648 g/mol. The highest BCUT2D eigenvalue weighted by Crippen LogP contribution is 2.32. The molecule has 0 fully saturated rings. The van der Waals surface area contributed by atoms with E-state index >= 15 is 0 Å². The third-order valence-electron chi connectivity index (χ3n) is 7.47. The zero-order valence-corrected chi connectivity index (χ0v) is 25.9. The fraction of sp³-hybridized carbons (Fsp3) is 0.222. The fourth-order valence-corrected chi connectivity index (χ4v) is 5.69. The van der Waals surface area contributed by atoms with Gasteiger partial charge in [-0.1, -0.05) is 66.7 Å². The Morgan fingerprint density at radius 3 is 2.22 bits per heavy atom. The lowest BCUT2D eigenvalue weighted by molar-refractivity contribution is -0.136. The maximum Gasteiger partial charge on any atom is 0.303 e. The van der Waals surface area contributed by atoms with Crippen LogP contribution in [0.4, 0.5) is 22.7 Å². The Morgan fingerprint density at radius 2 is 1.57 bits per heavy atom. The molecule has 0 unspecified atom stereocenters. The molecule has 0 saturated carbocycles. The minimum atomic E-state index is -2.92. The van der Waals surface area contributed by atoms with Gasteiger partial charge in [0.05, 0.1) is 5.69 Å². The molecule has 0 saturated heterocycles. The molecule has 0 aliphatic heterocycles. The third kappa shape index (κ3) is 8.94. The number of aryl methyl sites for hydroxylation is 1. The van der Waals surface area contributed by atoms with Crippen LogP contribution in [0.5, 0.6) is 5.75 Å². The highest BCUT2D eigenvalue weighted by molar-refractivity contribution is 7.14. The molecule has 5 rings (SSSR count). The van der Waals surface area contributed by atoms with E-state index in [0.717, 1.165) is 34.3 Å². The number of hydrogen-bond donors (Lipinski definition) is 1. The summed E-state index contributed by atoms with van der Waals surface area (Å²) in [5.41, 5.74) is 4.59. The molecule has 1 heterocycles. The van der Waals surface area contributed by atoms with Gasteiger partial charge in [-0.2, -0.15) is 0 Å². The number of anilines is 1. The van der Waals surface area contributed by atoms with Crippen molar-refractivity contribution in [1.29, 1.82) is 0 Å². The Kier molecular flexibility index (Phi) is 10.4. The van der Waals surface area contributed by atoms with Crippen LogP contribution < -0.4 is 9.64 Å². The van der Waals surface area contributed by atoms with Crippen LogP contribution in [0.25, 0.3) is 11.3 Å². The minimum Gasteiger partial charge on any atom is -0.489 e. The molecule has 10 heteroatoms. The third-order valence-corrected chi connectivity index (χ3v) is 8.37. The number of ether oxygens (including phenoxy) is 1. The average molecular weight is 649 g/mol. The summed E-state index contributed by atoms with van der Waals surface area (Å²) in [6.07, 6.45) is 0.625. The van der Waals surface area contributed by atoms with E-state index in [-0.39, 0.29) is 30.8 Å². The van der Waals surface area contributed by atoms with Gasteiger partial charge >= 0.3 is 5.97 Å². The molecule has 5 nitrogen and oxygen atoms in total. The molecule has 0 amide bonds. The predicted molar refractivity (Wildman–Crippen MR) is 171 cm³/mol. The number of alkyl halides is 2. The van der Waals surface area contributed by atoms with Crippen LogP contribution in [0.2, 0.25) is 0 Å². The van der Waals surface area contributed by atoms with Crippen LogP contribution in [0.3, 0.4) is 0 Å². The maximum atomic E-state index is 14.4. The summed E-state index contributed by atoms with van der Waals surface area (Å²) in [5, 5.41) is 11.5. The van der Waals surface area contributed by atoms with Crippen LogP contribution in [0.1, 0.15) is 41.2 Å². The molecule has 4 aromatic carbocycles. The van der Waals surface area contributed by atoms with Crippen molar-refractivity contribution in [3.05, 3.63) is 136 Å². The van der Waals surface area contributed by atoms with Crippen molar-refractivity contribution in [3.8, 4) is 17.0 Å². The first-order valence-corrected chi connectivity index (χ1v) is 15.6. The molecule has 0 atom stereocenters. The number of carboxylic acids is 1. The van der Waals surface area contributed by atoms with E-state index in [1.165, 1.54) is 41.7 Å². The van der Waals surface area contributed by atoms with Gasteiger partial charge in [0.25, 0.3) is 5.92 Å². The first-order chi connectivity index (χ1) is 22.0. The quantitative estimate of drug-likeness (QED) is 0.122. The number of rotatable bonds is 14. The van der Waals surface area contributed by atoms with Crippen molar-refractivity contribution in [1.82, 2.24) is 4.98 Å². The second-order valence-corrected chi connectivity index (χ2v) is 11.9. The van der Waals surface area contributed by atoms with Crippen LogP contribution >= 0.6 is 11.3 Å². The van der Waals surface area contributed by atoms with Gasteiger partial charge < -0.3 is 14.7 Å². The van der Waals surface area contributed by atoms with Gasteiger partial charge in [0.15, 0.2) is 5.13 Å². The van der Waals surface area contributed by atoms with Gasteiger partial charge in [0.1, 0.15) is 24.0 Å². The number of aromatic nitrogens is 1. The summed E-state index contributed by atoms with van der Waals surface area (Å²) in [5.74, 6) is -4.34. The molecule has 0 aliphatic carbocycles. The molecular formula is C36H32F4N2O3S. The Labute approximate surface area is 268 Å². The highest BCUT2D eigenvalue weighted by atomic mass is 32.1. The van der Waals surface area contributed by atoms with Gasteiger partial charge in [-0.05, 0) is 53.3 Å². The predicted octanol–water partition coefficient (Wildman–Crippen LogP) is 9.05. The second kappa shape index (κ2) is 14.6. The summed E-state index contributed by atoms with van der Waals surface area (Å²) >= 11 is 1.46. The zero-order valence-electron chi connectivity index (χ0n) is 25.1. The maximum absolute atomic E-state index is 14.4. The lowest BCUT2D eigenvalue weighted by Gasteiger charge is -2.22. The Bertz CT molecular complexity index is 1750. The van der Waals surface area contributed by atoms with Crippen LogP contribution in [0, 0.1) is 11.6 Å². The molecule has 0 spiro atoms. The van der Waals surface area contributed by atoms with Gasteiger partial charge in [-0.15, -0.1) is 11.3 Å². The Balaban J connectivity index is 1.26. The summed E-state index contributed by atoms with van der Waals surface area (Å²) in [6.45, 7) is 2.24. The van der Waals surface area contributed by atoms with Crippen LogP contribution in [-0.2, 0) is 36.7 Å². The van der Waals surface area contributed by atoms with E-state index in [2.05, 4.69) is 4.90 Å². The summed E-state index contributed by atoms with van der Waals surface area (Å²) in [7, 11) is 0. The highest BCUT2D eigenvalue weighted by Gasteiger charge is 2.24. The van der Waals surface area contributed by atoms with E-state index in [1.54, 1.807) is 36.4 Å². The number of thiazole rings is 1. The van der Waals surface area contributed by atoms with E-state index in [1.807, 2.05) is 29.6 Å². The van der Waals surface area contributed by atoms with Crippen molar-refractivity contribution < 1.29 is 32.2 Å². The van der Waals surface area contributed by atoms with E-state index in [0.29, 0.717) is 36.5 Å². The molecule has 0 bridgehead atoms. The first kappa shape index (κ1) is 32.7. The topological polar surface area (TPSA) is 62.7 Å². The number of halogens is 4. The fourth-order valence-electron chi connectivity index (χ4n) is 4.82. The first-order valence-electron chi connectivity index (χ1n) is 14.7. The van der Waals surface area contributed by atoms with Crippen molar-refractivity contribution in [2.75, 3.05) is 11.4 Å².